The lowest BCUT2D eigenvalue weighted by Gasteiger charge is -2.24. The van der Waals surface area contributed by atoms with E-state index in [4.69, 9.17) is 4.74 Å². The fourth-order valence-electron chi connectivity index (χ4n) is 3.30. The molecular formula is C21H24N2O4S. The van der Waals surface area contributed by atoms with Gasteiger partial charge in [-0.3, -0.25) is 9.59 Å². The van der Waals surface area contributed by atoms with Crippen LogP contribution in [0.25, 0.3) is 0 Å². The number of hydrogen-bond acceptors (Lipinski definition) is 5. The highest BCUT2D eigenvalue weighted by Gasteiger charge is 2.27. The van der Waals surface area contributed by atoms with Crippen LogP contribution in [0.4, 0.5) is 10.7 Å². The van der Waals surface area contributed by atoms with Crippen LogP contribution < -0.4 is 10.6 Å². The zero-order valence-corrected chi connectivity index (χ0v) is 17.1. The van der Waals surface area contributed by atoms with Crippen molar-refractivity contribution in [2.45, 2.75) is 40.0 Å². The van der Waals surface area contributed by atoms with E-state index in [1.165, 1.54) is 11.3 Å². The SMILES string of the molecule is CCOC(=O)c1c(NC(=O)CCC2Cc3ccccc3NC2=O)sc(C)c1C. The van der Waals surface area contributed by atoms with E-state index in [1.807, 2.05) is 38.1 Å². The Morgan fingerprint density at radius 2 is 2.04 bits per heavy atom. The number of rotatable bonds is 6. The highest BCUT2D eigenvalue weighted by molar-refractivity contribution is 7.16. The van der Waals surface area contributed by atoms with Crippen molar-refractivity contribution in [1.82, 2.24) is 0 Å². The molecule has 3 rings (SSSR count). The fraction of sp³-hybridized carbons (Fsp3) is 0.381. The Bertz CT molecular complexity index is 919. The van der Waals surface area contributed by atoms with E-state index in [9.17, 15) is 14.4 Å². The quantitative estimate of drug-likeness (QED) is 0.716. The molecule has 2 aromatic rings. The van der Waals surface area contributed by atoms with Crippen molar-refractivity contribution in [3.05, 3.63) is 45.8 Å². The molecule has 0 aliphatic carbocycles. The predicted octanol–water partition coefficient (Wildman–Crippen LogP) is 4.07. The first kappa shape index (κ1) is 20.1. The lowest BCUT2D eigenvalue weighted by molar-refractivity contribution is -0.121. The molecule has 1 atom stereocenters. The minimum Gasteiger partial charge on any atom is -0.462 e. The Morgan fingerprint density at radius 1 is 1.29 bits per heavy atom. The van der Waals surface area contributed by atoms with Crippen molar-refractivity contribution >= 4 is 39.8 Å². The van der Waals surface area contributed by atoms with Gasteiger partial charge < -0.3 is 15.4 Å². The van der Waals surface area contributed by atoms with E-state index in [0.717, 1.165) is 21.7 Å². The molecule has 1 unspecified atom stereocenters. The van der Waals surface area contributed by atoms with Crippen molar-refractivity contribution < 1.29 is 19.1 Å². The number of amides is 2. The van der Waals surface area contributed by atoms with Gasteiger partial charge in [-0.15, -0.1) is 11.3 Å². The molecule has 0 saturated carbocycles. The van der Waals surface area contributed by atoms with Gasteiger partial charge >= 0.3 is 5.97 Å². The minimum absolute atomic E-state index is 0.0541. The molecule has 6 nitrogen and oxygen atoms in total. The lowest BCUT2D eigenvalue weighted by atomic mass is 9.89. The molecule has 0 fully saturated rings. The topological polar surface area (TPSA) is 84.5 Å². The molecule has 0 bridgehead atoms. The molecule has 1 aromatic heterocycles. The van der Waals surface area contributed by atoms with Gasteiger partial charge in [-0.05, 0) is 50.8 Å². The first-order valence-corrected chi connectivity index (χ1v) is 10.2. The van der Waals surface area contributed by atoms with Gasteiger partial charge in [0.05, 0.1) is 12.2 Å². The zero-order chi connectivity index (χ0) is 20.3. The average Bonchev–Trinajstić information content (AvgIpc) is 2.93. The van der Waals surface area contributed by atoms with Crippen LogP contribution in [0.1, 0.15) is 46.1 Å². The standard InChI is InChI=1S/C21H24N2O4S/c1-4-27-21(26)18-12(2)13(3)28-20(18)23-17(24)10-9-15-11-14-7-5-6-8-16(14)22-19(15)25/h5-8,15H,4,9-11H2,1-3H3,(H,22,25)(H,23,24). The summed E-state index contributed by atoms with van der Waals surface area (Å²) in [4.78, 5) is 37.9. The summed E-state index contributed by atoms with van der Waals surface area (Å²) >= 11 is 1.36. The summed E-state index contributed by atoms with van der Waals surface area (Å²) in [5.41, 5.74) is 3.17. The van der Waals surface area contributed by atoms with Crippen LogP contribution in [0.5, 0.6) is 0 Å². The van der Waals surface area contributed by atoms with Crippen molar-refractivity contribution in [3.8, 4) is 0 Å². The molecule has 0 radical (unpaired) electrons. The minimum atomic E-state index is -0.428. The largest absolute Gasteiger partial charge is 0.462 e. The maximum absolute atomic E-state index is 12.5. The number of aryl methyl sites for hydroxylation is 1. The molecule has 2 heterocycles. The van der Waals surface area contributed by atoms with Crippen molar-refractivity contribution in [2.75, 3.05) is 17.2 Å². The van der Waals surface area contributed by atoms with E-state index >= 15 is 0 Å². The molecule has 7 heteroatoms. The Hall–Kier alpha value is -2.67. The van der Waals surface area contributed by atoms with Crippen LogP contribution in [-0.4, -0.2) is 24.4 Å². The summed E-state index contributed by atoms with van der Waals surface area (Å²) in [6.07, 6.45) is 1.28. The molecule has 28 heavy (non-hydrogen) atoms. The monoisotopic (exact) mass is 400 g/mol. The number of ether oxygens (including phenoxy) is 1. The number of anilines is 2. The number of fused-ring (bicyclic) bond motifs is 1. The van der Waals surface area contributed by atoms with E-state index in [0.29, 0.717) is 23.4 Å². The van der Waals surface area contributed by atoms with E-state index < -0.39 is 5.97 Å². The summed E-state index contributed by atoms with van der Waals surface area (Å²) < 4.78 is 5.11. The summed E-state index contributed by atoms with van der Waals surface area (Å²) in [6.45, 7) is 5.77. The van der Waals surface area contributed by atoms with E-state index in [1.54, 1.807) is 6.92 Å². The van der Waals surface area contributed by atoms with Gasteiger partial charge in [-0.2, -0.15) is 0 Å². The van der Waals surface area contributed by atoms with Crippen LogP contribution in [-0.2, 0) is 20.7 Å². The second kappa shape index (κ2) is 8.56. The zero-order valence-electron chi connectivity index (χ0n) is 16.3. The summed E-state index contributed by atoms with van der Waals surface area (Å²) in [5.74, 6) is -0.931. The summed E-state index contributed by atoms with van der Waals surface area (Å²) in [5, 5.41) is 6.25. The molecule has 148 valence electrons. The average molecular weight is 401 g/mol. The number of benzene rings is 1. The Morgan fingerprint density at radius 3 is 2.79 bits per heavy atom. The first-order chi connectivity index (χ1) is 13.4. The van der Waals surface area contributed by atoms with Crippen molar-refractivity contribution in [1.29, 1.82) is 0 Å². The van der Waals surface area contributed by atoms with E-state index in [2.05, 4.69) is 10.6 Å². The van der Waals surface area contributed by atoms with Crippen LogP contribution >= 0.6 is 11.3 Å². The van der Waals surface area contributed by atoms with Crippen LogP contribution in [0.15, 0.2) is 24.3 Å². The molecule has 2 amide bonds. The number of esters is 1. The second-order valence-electron chi connectivity index (χ2n) is 6.84. The molecule has 1 aliphatic rings. The maximum Gasteiger partial charge on any atom is 0.341 e. The number of thiophene rings is 1. The Balaban J connectivity index is 1.63. The molecule has 2 N–H and O–H groups in total. The molecular weight excluding hydrogens is 376 g/mol. The van der Waals surface area contributed by atoms with Gasteiger partial charge in [-0.25, -0.2) is 4.79 Å². The van der Waals surface area contributed by atoms with Gasteiger partial charge in [0, 0.05) is 22.9 Å². The second-order valence-corrected chi connectivity index (χ2v) is 8.07. The summed E-state index contributed by atoms with van der Waals surface area (Å²) in [6, 6.07) is 7.71. The van der Waals surface area contributed by atoms with Crippen LogP contribution in [0.3, 0.4) is 0 Å². The van der Waals surface area contributed by atoms with Crippen LogP contribution in [0, 0.1) is 19.8 Å². The highest BCUT2D eigenvalue weighted by atomic mass is 32.1. The Kier molecular flexibility index (Phi) is 6.14. The van der Waals surface area contributed by atoms with Gasteiger partial charge in [-0.1, -0.05) is 18.2 Å². The molecule has 0 saturated heterocycles. The molecule has 1 aromatic carbocycles. The third-order valence-electron chi connectivity index (χ3n) is 4.95. The highest BCUT2D eigenvalue weighted by Crippen LogP contribution is 2.33. The third kappa shape index (κ3) is 4.25. The number of carbonyl (C=O) groups is 3. The predicted molar refractivity (Wildman–Crippen MR) is 110 cm³/mol. The molecule has 0 spiro atoms. The smallest absolute Gasteiger partial charge is 0.341 e. The first-order valence-electron chi connectivity index (χ1n) is 9.36. The number of carbonyl (C=O) groups excluding carboxylic acids is 3. The van der Waals surface area contributed by atoms with Gasteiger partial charge in [0.2, 0.25) is 11.8 Å². The van der Waals surface area contributed by atoms with E-state index in [-0.39, 0.29) is 30.8 Å². The third-order valence-corrected chi connectivity index (χ3v) is 6.07. The number of nitrogens with one attached hydrogen (secondary N) is 2. The van der Waals surface area contributed by atoms with Crippen molar-refractivity contribution in [2.24, 2.45) is 5.92 Å². The normalized spacial score (nSPS) is 15.5. The number of hydrogen-bond donors (Lipinski definition) is 2. The summed E-state index contributed by atoms with van der Waals surface area (Å²) in [7, 11) is 0. The fourth-order valence-corrected chi connectivity index (χ4v) is 4.37. The lowest BCUT2D eigenvalue weighted by Crippen LogP contribution is -2.30. The maximum atomic E-state index is 12.5. The van der Waals surface area contributed by atoms with Crippen molar-refractivity contribution in [3.63, 3.8) is 0 Å². The van der Waals surface area contributed by atoms with Gasteiger partial charge in [0.15, 0.2) is 0 Å². The molecule has 1 aliphatic heterocycles. The Labute approximate surface area is 168 Å². The van der Waals surface area contributed by atoms with Gasteiger partial charge in [0.1, 0.15) is 5.00 Å². The van der Waals surface area contributed by atoms with Gasteiger partial charge in [0.25, 0.3) is 0 Å². The van der Waals surface area contributed by atoms with Crippen LogP contribution in [0.2, 0.25) is 0 Å². The number of para-hydroxylation sites is 1.